The van der Waals surface area contributed by atoms with Crippen molar-refractivity contribution in [3.63, 3.8) is 0 Å². The number of esters is 1. The molecule has 250 valence electrons. The van der Waals surface area contributed by atoms with Gasteiger partial charge in [-0.05, 0) is 30.7 Å². The minimum Gasteiger partial charge on any atom is -0.491 e. The summed E-state index contributed by atoms with van der Waals surface area (Å²) in [6.07, 6.45) is 8.81. The van der Waals surface area contributed by atoms with Crippen LogP contribution < -0.4 is 10.5 Å². The van der Waals surface area contributed by atoms with Gasteiger partial charge >= 0.3 is 5.97 Å². The van der Waals surface area contributed by atoms with Crippen molar-refractivity contribution in [2.75, 3.05) is 111 Å². The summed E-state index contributed by atoms with van der Waals surface area (Å²) in [6.45, 7) is 9.79. The second-order valence-corrected chi connectivity index (χ2v) is 9.80. The van der Waals surface area contributed by atoms with Gasteiger partial charge in [0, 0.05) is 12.1 Å². The predicted octanol–water partition coefficient (Wildman–Crippen LogP) is 4.45. The number of anilines is 1. The number of unbranched alkanes of at least 4 members (excludes halogenated alkanes) is 6. The van der Waals surface area contributed by atoms with Crippen molar-refractivity contribution in [1.29, 1.82) is 0 Å². The van der Waals surface area contributed by atoms with Crippen LogP contribution in [0.4, 0.5) is 5.69 Å². The molecule has 11 nitrogen and oxygen atoms in total. The van der Waals surface area contributed by atoms with E-state index in [1.165, 1.54) is 32.1 Å². The standard InChI is InChI=1S/C32H57NO10/c1-2-3-4-5-6-7-8-9-32(34)43-29-27-41-25-23-39-21-19-37-17-15-35-14-16-36-18-20-38-22-24-40-26-28-42-31-12-10-30(33)11-13-31/h10-13H,2-9,14-29,33H2,1H3. The first-order valence-corrected chi connectivity index (χ1v) is 15.9. The van der Waals surface area contributed by atoms with E-state index in [1.54, 1.807) is 12.1 Å². The van der Waals surface area contributed by atoms with E-state index >= 15 is 0 Å². The molecule has 0 aliphatic carbocycles. The van der Waals surface area contributed by atoms with Gasteiger partial charge in [-0.1, -0.05) is 45.4 Å². The first kappa shape index (κ1) is 39.0. The molecular weight excluding hydrogens is 558 g/mol. The number of hydrogen-bond donors (Lipinski definition) is 1. The Morgan fingerprint density at radius 2 is 0.884 bits per heavy atom. The number of carbonyl (C=O) groups excluding carboxylic acids is 1. The third-order valence-corrected chi connectivity index (χ3v) is 6.08. The van der Waals surface area contributed by atoms with E-state index in [0.717, 1.165) is 18.6 Å². The lowest BCUT2D eigenvalue weighted by Crippen LogP contribution is -2.15. The fourth-order valence-electron chi connectivity index (χ4n) is 3.72. The van der Waals surface area contributed by atoms with E-state index in [4.69, 9.17) is 48.4 Å². The Bertz CT molecular complexity index is 723. The Hall–Kier alpha value is -1.99. The van der Waals surface area contributed by atoms with Crippen LogP contribution in [0.15, 0.2) is 24.3 Å². The quantitative estimate of drug-likeness (QED) is 0.0685. The van der Waals surface area contributed by atoms with Gasteiger partial charge in [0.15, 0.2) is 0 Å². The number of nitrogens with two attached hydrogens (primary N) is 1. The number of hydrogen-bond acceptors (Lipinski definition) is 11. The van der Waals surface area contributed by atoms with Crippen LogP contribution in [0, 0.1) is 0 Å². The molecule has 0 atom stereocenters. The molecule has 43 heavy (non-hydrogen) atoms. The van der Waals surface area contributed by atoms with Crippen LogP contribution in [0.3, 0.4) is 0 Å². The lowest BCUT2D eigenvalue weighted by molar-refractivity contribution is -0.145. The van der Waals surface area contributed by atoms with E-state index in [-0.39, 0.29) is 12.6 Å². The molecule has 0 aliphatic rings. The Labute approximate surface area is 258 Å². The van der Waals surface area contributed by atoms with Gasteiger partial charge in [0.25, 0.3) is 0 Å². The van der Waals surface area contributed by atoms with Gasteiger partial charge in [-0.25, -0.2) is 0 Å². The average Bonchev–Trinajstić information content (AvgIpc) is 3.01. The number of nitrogen functional groups attached to an aromatic ring is 1. The van der Waals surface area contributed by atoms with Gasteiger partial charge in [-0.2, -0.15) is 0 Å². The Kier molecular flexibility index (Phi) is 28.5. The van der Waals surface area contributed by atoms with Crippen molar-refractivity contribution in [3.05, 3.63) is 24.3 Å². The maximum absolute atomic E-state index is 11.7. The van der Waals surface area contributed by atoms with Crippen molar-refractivity contribution in [2.24, 2.45) is 0 Å². The minimum atomic E-state index is -0.140. The summed E-state index contributed by atoms with van der Waals surface area (Å²) in [5, 5.41) is 0. The SMILES string of the molecule is CCCCCCCCCC(=O)OCCOCCOCCOCCOCCOCCOCCOCCOc1ccc(N)cc1. The van der Waals surface area contributed by atoms with E-state index in [0.29, 0.717) is 111 Å². The van der Waals surface area contributed by atoms with Gasteiger partial charge in [-0.3, -0.25) is 4.79 Å². The smallest absolute Gasteiger partial charge is 0.305 e. The minimum absolute atomic E-state index is 0.140. The summed E-state index contributed by atoms with van der Waals surface area (Å²) in [5.74, 6) is 0.632. The highest BCUT2D eigenvalue weighted by Crippen LogP contribution is 2.12. The van der Waals surface area contributed by atoms with Crippen molar-refractivity contribution >= 4 is 11.7 Å². The molecule has 0 amide bonds. The van der Waals surface area contributed by atoms with Crippen molar-refractivity contribution in [2.45, 2.75) is 58.3 Å². The van der Waals surface area contributed by atoms with E-state index in [9.17, 15) is 4.79 Å². The van der Waals surface area contributed by atoms with Crippen LogP contribution in [0.25, 0.3) is 0 Å². The molecule has 1 aromatic carbocycles. The van der Waals surface area contributed by atoms with Crippen molar-refractivity contribution in [3.8, 4) is 5.75 Å². The summed E-state index contributed by atoms with van der Waals surface area (Å²) >= 11 is 0. The molecule has 0 unspecified atom stereocenters. The molecule has 0 aliphatic heterocycles. The molecule has 0 aromatic heterocycles. The molecule has 0 saturated heterocycles. The number of rotatable bonds is 33. The number of benzene rings is 1. The Morgan fingerprint density at radius 3 is 1.33 bits per heavy atom. The van der Waals surface area contributed by atoms with Gasteiger partial charge in [-0.15, -0.1) is 0 Å². The van der Waals surface area contributed by atoms with Crippen molar-refractivity contribution in [1.82, 2.24) is 0 Å². The monoisotopic (exact) mass is 615 g/mol. The number of carbonyl (C=O) groups is 1. The van der Waals surface area contributed by atoms with Crippen LogP contribution in [0.2, 0.25) is 0 Å². The summed E-state index contributed by atoms with van der Waals surface area (Å²) in [6, 6.07) is 7.26. The normalized spacial score (nSPS) is 11.2. The largest absolute Gasteiger partial charge is 0.491 e. The molecular formula is C32H57NO10. The first-order valence-electron chi connectivity index (χ1n) is 15.9. The highest BCUT2D eigenvalue weighted by molar-refractivity contribution is 5.69. The van der Waals surface area contributed by atoms with Crippen LogP contribution in [0.5, 0.6) is 5.75 Å². The first-order chi connectivity index (χ1) is 21.2. The maximum Gasteiger partial charge on any atom is 0.305 e. The van der Waals surface area contributed by atoms with Gasteiger partial charge < -0.3 is 48.4 Å². The second-order valence-electron chi connectivity index (χ2n) is 9.80. The Balaban J connectivity index is 1.66. The zero-order valence-corrected chi connectivity index (χ0v) is 26.4. The third-order valence-electron chi connectivity index (χ3n) is 6.08. The fourth-order valence-corrected chi connectivity index (χ4v) is 3.72. The molecule has 1 rings (SSSR count). The molecule has 1 aromatic rings. The van der Waals surface area contributed by atoms with E-state index in [1.807, 2.05) is 12.1 Å². The molecule has 0 radical (unpaired) electrons. The highest BCUT2D eigenvalue weighted by atomic mass is 16.6. The number of ether oxygens (including phenoxy) is 9. The zero-order chi connectivity index (χ0) is 30.9. The molecule has 2 N–H and O–H groups in total. The van der Waals surface area contributed by atoms with Gasteiger partial charge in [0.05, 0.1) is 92.5 Å². The van der Waals surface area contributed by atoms with Crippen LogP contribution in [-0.2, 0) is 42.7 Å². The van der Waals surface area contributed by atoms with Gasteiger partial charge in [0.2, 0.25) is 0 Å². The predicted molar refractivity (Wildman–Crippen MR) is 166 cm³/mol. The summed E-state index contributed by atoms with van der Waals surface area (Å²) in [4.78, 5) is 11.7. The third kappa shape index (κ3) is 28.5. The molecule has 0 fully saturated rings. The summed E-state index contributed by atoms with van der Waals surface area (Å²) in [7, 11) is 0. The second kappa shape index (κ2) is 31.4. The van der Waals surface area contributed by atoms with Crippen LogP contribution in [-0.4, -0.2) is 112 Å². The maximum atomic E-state index is 11.7. The summed E-state index contributed by atoms with van der Waals surface area (Å²) in [5.41, 5.74) is 6.35. The van der Waals surface area contributed by atoms with E-state index in [2.05, 4.69) is 6.92 Å². The van der Waals surface area contributed by atoms with Crippen molar-refractivity contribution < 1.29 is 47.4 Å². The highest BCUT2D eigenvalue weighted by Gasteiger charge is 2.03. The molecule has 11 heteroatoms. The van der Waals surface area contributed by atoms with Crippen LogP contribution in [0.1, 0.15) is 58.3 Å². The molecule has 0 spiro atoms. The average molecular weight is 616 g/mol. The van der Waals surface area contributed by atoms with Crippen LogP contribution >= 0.6 is 0 Å². The lowest BCUT2D eigenvalue weighted by atomic mass is 10.1. The lowest BCUT2D eigenvalue weighted by Gasteiger charge is -2.09. The molecule has 0 bridgehead atoms. The summed E-state index contributed by atoms with van der Waals surface area (Å²) < 4.78 is 49.0. The zero-order valence-electron chi connectivity index (χ0n) is 26.4. The van der Waals surface area contributed by atoms with Gasteiger partial charge in [0.1, 0.15) is 19.0 Å². The molecule has 0 saturated carbocycles. The topological polar surface area (TPSA) is 126 Å². The molecule has 0 heterocycles. The fraction of sp³-hybridized carbons (Fsp3) is 0.781. The van der Waals surface area contributed by atoms with E-state index < -0.39 is 0 Å². The Morgan fingerprint density at radius 1 is 0.512 bits per heavy atom.